The van der Waals surface area contributed by atoms with Crippen molar-refractivity contribution in [3.05, 3.63) is 18.2 Å². The van der Waals surface area contributed by atoms with Crippen LogP contribution in [0.3, 0.4) is 0 Å². The number of aliphatic carboxylic acids is 1. The zero-order chi connectivity index (χ0) is 27.3. The molecule has 1 heterocycles. The number of carbonyl (C=O) groups excluding carboxylic acids is 3. The van der Waals surface area contributed by atoms with E-state index in [0.29, 0.717) is 37.9 Å². The van der Waals surface area contributed by atoms with Gasteiger partial charge in [0.25, 0.3) is 0 Å². The Labute approximate surface area is 212 Å². The number of hydrogen-bond acceptors (Lipinski definition) is 7. The Morgan fingerprint density at radius 1 is 1.03 bits per heavy atom. The minimum absolute atomic E-state index is 0.0102. The largest absolute Gasteiger partial charge is 0.480 e. The molecule has 0 aromatic carbocycles. The van der Waals surface area contributed by atoms with Crippen LogP contribution in [-0.4, -0.2) is 69.5 Å². The van der Waals surface area contributed by atoms with Crippen LogP contribution in [0.5, 0.6) is 0 Å². The predicted molar refractivity (Wildman–Crippen MR) is 136 cm³/mol. The molecule has 0 saturated heterocycles. The first-order chi connectivity index (χ1) is 17.0. The normalized spacial score (nSPS) is 15.4. The molecule has 0 radical (unpaired) electrons. The summed E-state index contributed by atoms with van der Waals surface area (Å²) in [6, 6.07) is -3.86. The average molecular weight is 510 g/mol. The Morgan fingerprint density at radius 2 is 1.69 bits per heavy atom. The number of amides is 3. The maximum absolute atomic E-state index is 13.2. The van der Waals surface area contributed by atoms with Crippen molar-refractivity contribution in [1.29, 1.82) is 0 Å². The summed E-state index contributed by atoms with van der Waals surface area (Å²) in [6.07, 6.45) is 5.72. The molecule has 5 atom stereocenters. The van der Waals surface area contributed by atoms with E-state index in [1.165, 1.54) is 12.5 Å². The molecule has 0 spiro atoms. The summed E-state index contributed by atoms with van der Waals surface area (Å²) < 4.78 is 0. The fourth-order valence-electron chi connectivity index (χ4n) is 3.65. The molecule has 12 nitrogen and oxygen atoms in total. The van der Waals surface area contributed by atoms with Crippen LogP contribution in [0.4, 0.5) is 0 Å². The molecule has 12 heteroatoms. The lowest BCUT2D eigenvalue weighted by Gasteiger charge is -2.28. The topological polar surface area (TPSA) is 205 Å². The van der Waals surface area contributed by atoms with Gasteiger partial charge in [-0.25, -0.2) is 9.78 Å². The van der Waals surface area contributed by atoms with Gasteiger partial charge >= 0.3 is 5.97 Å². The summed E-state index contributed by atoms with van der Waals surface area (Å²) >= 11 is 0. The third kappa shape index (κ3) is 10.7. The van der Waals surface area contributed by atoms with Crippen LogP contribution >= 0.6 is 0 Å². The van der Waals surface area contributed by atoms with Gasteiger partial charge in [0.2, 0.25) is 17.7 Å². The molecule has 0 saturated carbocycles. The first-order valence-corrected chi connectivity index (χ1v) is 12.6. The van der Waals surface area contributed by atoms with Crippen LogP contribution in [0.1, 0.15) is 65.5 Å². The van der Waals surface area contributed by atoms with E-state index in [2.05, 4.69) is 25.9 Å². The lowest BCUT2D eigenvalue weighted by atomic mass is 9.96. The molecule has 1 aromatic rings. The lowest BCUT2D eigenvalue weighted by Crippen LogP contribution is -2.59. The molecule has 9 N–H and O–H groups in total. The van der Waals surface area contributed by atoms with Gasteiger partial charge in [0.1, 0.15) is 18.1 Å². The van der Waals surface area contributed by atoms with Gasteiger partial charge in [-0.05, 0) is 37.6 Å². The number of carboxylic acids is 1. The smallest absolute Gasteiger partial charge is 0.326 e. The van der Waals surface area contributed by atoms with Gasteiger partial charge in [0.15, 0.2) is 0 Å². The number of hydrogen-bond donors (Lipinski definition) is 7. The number of rotatable bonds is 17. The zero-order valence-electron chi connectivity index (χ0n) is 21.8. The molecule has 3 amide bonds. The number of imidazole rings is 1. The summed E-state index contributed by atoms with van der Waals surface area (Å²) in [4.78, 5) is 57.4. The summed E-state index contributed by atoms with van der Waals surface area (Å²) in [7, 11) is 0. The van der Waals surface area contributed by atoms with Crippen molar-refractivity contribution < 1.29 is 24.3 Å². The maximum Gasteiger partial charge on any atom is 0.326 e. The Hall–Kier alpha value is -2.99. The second kappa shape index (κ2) is 15.9. The van der Waals surface area contributed by atoms with Crippen molar-refractivity contribution in [2.24, 2.45) is 23.3 Å². The van der Waals surface area contributed by atoms with Gasteiger partial charge in [-0.3, -0.25) is 14.4 Å². The number of nitrogens with zero attached hydrogens (tertiary/aromatic N) is 1. The van der Waals surface area contributed by atoms with E-state index in [1.807, 2.05) is 20.8 Å². The predicted octanol–water partition coefficient (Wildman–Crippen LogP) is 0.0397. The van der Waals surface area contributed by atoms with Crippen LogP contribution in [0, 0.1) is 11.8 Å². The molecule has 5 unspecified atom stereocenters. The van der Waals surface area contributed by atoms with Crippen LogP contribution in [0.2, 0.25) is 0 Å². The van der Waals surface area contributed by atoms with Crippen molar-refractivity contribution in [2.45, 2.75) is 90.4 Å². The fraction of sp³-hybridized carbons (Fsp3) is 0.708. The zero-order valence-corrected chi connectivity index (χ0v) is 21.8. The Bertz CT molecular complexity index is 831. The quantitative estimate of drug-likeness (QED) is 0.142. The summed E-state index contributed by atoms with van der Waals surface area (Å²) in [6.45, 7) is 8.00. The second-order valence-corrected chi connectivity index (χ2v) is 9.63. The van der Waals surface area contributed by atoms with Crippen LogP contribution in [-0.2, 0) is 25.6 Å². The number of carbonyl (C=O) groups is 4. The molecule has 0 aliphatic heterocycles. The highest BCUT2D eigenvalue weighted by molar-refractivity contribution is 5.94. The van der Waals surface area contributed by atoms with E-state index in [9.17, 15) is 24.3 Å². The number of nitrogens with two attached hydrogens (primary N) is 2. The van der Waals surface area contributed by atoms with Crippen molar-refractivity contribution in [2.75, 3.05) is 6.54 Å². The van der Waals surface area contributed by atoms with Crippen molar-refractivity contribution in [3.63, 3.8) is 0 Å². The van der Waals surface area contributed by atoms with Gasteiger partial charge in [-0.15, -0.1) is 0 Å². The van der Waals surface area contributed by atoms with Gasteiger partial charge in [0.05, 0.1) is 12.4 Å². The summed E-state index contributed by atoms with van der Waals surface area (Å²) in [5, 5.41) is 17.6. The number of aromatic amines is 1. The van der Waals surface area contributed by atoms with Gasteiger partial charge < -0.3 is 37.5 Å². The highest BCUT2D eigenvalue weighted by Crippen LogP contribution is 2.12. The first kappa shape index (κ1) is 31.0. The minimum atomic E-state index is -1.21. The molecular formula is C24H43N7O5. The lowest BCUT2D eigenvalue weighted by molar-refractivity contribution is -0.142. The van der Waals surface area contributed by atoms with Crippen molar-refractivity contribution in [3.8, 4) is 0 Å². The van der Waals surface area contributed by atoms with Gasteiger partial charge in [0, 0.05) is 18.3 Å². The monoisotopic (exact) mass is 509 g/mol. The summed E-state index contributed by atoms with van der Waals surface area (Å²) in [5.41, 5.74) is 12.0. The number of carboxylic acid groups (broad SMARTS) is 1. The molecule has 36 heavy (non-hydrogen) atoms. The maximum atomic E-state index is 13.2. The van der Waals surface area contributed by atoms with E-state index in [0.717, 1.165) is 6.42 Å². The van der Waals surface area contributed by atoms with Crippen molar-refractivity contribution >= 4 is 23.7 Å². The SMILES string of the molecule is CCC(C)C(NC(=O)C(CC(C)C)NC(=O)C(N)CCCCN)C(=O)NC(Cc1cnc[nH]1)C(=O)O. The molecule has 0 bridgehead atoms. The highest BCUT2D eigenvalue weighted by atomic mass is 16.4. The van der Waals surface area contributed by atoms with Gasteiger partial charge in [-0.2, -0.15) is 0 Å². The number of nitrogens with one attached hydrogen (secondary N) is 4. The molecule has 0 aliphatic carbocycles. The van der Waals surface area contributed by atoms with E-state index in [-0.39, 0.29) is 18.3 Å². The van der Waals surface area contributed by atoms with E-state index < -0.39 is 47.9 Å². The molecule has 1 rings (SSSR count). The standard InChI is InChI=1S/C24H43N7O5/c1-5-15(4)20(23(34)30-19(24(35)36)11-16-12-27-13-28-16)31-22(33)18(10-14(2)3)29-21(32)17(26)8-6-7-9-25/h12-15,17-20H,5-11,25-26H2,1-4H3,(H,27,28)(H,29,32)(H,30,34)(H,31,33)(H,35,36). The Morgan fingerprint density at radius 3 is 2.22 bits per heavy atom. The highest BCUT2D eigenvalue weighted by Gasteiger charge is 2.33. The van der Waals surface area contributed by atoms with Crippen molar-refractivity contribution in [1.82, 2.24) is 25.9 Å². The fourth-order valence-corrected chi connectivity index (χ4v) is 3.65. The first-order valence-electron chi connectivity index (χ1n) is 12.6. The van der Waals surface area contributed by atoms with E-state index in [1.54, 1.807) is 6.92 Å². The molecule has 0 aliphatic rings. The number of aromatic nitrogens is 2. The Balaban J connectivity index is 2.95. The Kier molecular flexibility index (Phi) is 13.7. The van der Waals surface area contributed by atoms with Gasteiger partial charge in [-0.1, -0.05) is 40.5 Å². The second-order valence-electron chi connectivity index (χ2n) is 9.63. The van der Waals surface area contributed by atoms with E-state index in [4.69, 9.17) is 11.5 Å². The number of unbranched alkanes of at least 4 members (excludes halogenated alkanes) is 1. The third-order valence-corrected chi connectivity index (χ3v) is 6.03. The number of H-pyrrole nitrogens is 1. The summed E-state index contributed by atoms with van der Waals surface area (Å²) in [5.74, 6) is -2.99. The van der Waals surface area contributed by atoms with Crippen LogP contribution in [0.15, 0.2) is 12.5 Å². The van der Waals surface area contributed by atoms with E-state index >= 15 is 0 Å². The van der Waals surface area contributed by atoms with Crippen LogP contribution in [0.25, 0.3) is 0 Å². The van der Waals surface area contributed by atoms with Crippen LogP contribution < -0.4 is 27.4 Å². The average Bonchev–Trinajstić information content (AvgIpc) is 3.33. The third-order valence-electron chi connectivity index (χ3n) is 6.03. The molecular weight excluding hydrogens is 466 g/mol. The molecule has 0 fully saturated rings. The molecule has 1 aromatic heterocycles. The minimum Gasteiger partial charge on any atom is -0.480 e. The molecule has 204 valence electrons.